The third-order valence-corrected chi connectivity index (χ3v) is 4.57. The van der Waals surface area contributed by atoms with Crippen LogP contribution in [0.5, 0.6) is 0 Å². The number of nitrogens with one attached hydrogen (secondary N) is 1. The summed E-state index contributed by atoms with van der Waals surface area (Å²) < 4.78 is 26.8. The predicted molar refractivity (Wildman–Crippen MR) is 78.1 cm³/mol. The van der Waals surface area contributed by atoms with Crippen LogP contribution in [0.3, 0.4) is 0 Å². The van der Waals surface area contributed by atoms with Crippen LogP contribution in [0.2, 0.25) is 10.0 Å². The van der Waals surface area contributed by atoms with Crippen molar-refractivity contribution in [2.24, 2.45) is 0 Å². The van der Waals surface area contributed by atoms with Crippen molar-refractivity contribution in [3.05, 3.63) is 52.5 Å². The van der Waals surface area contributed by atoms with Crippen molar-refractivity contribution >= 4 is 44.6 Å². The van der Waals surface area contributed by atoms with E-state index in [4.69, 9.17) is 28.9 Å². The second kappa shape index (κ2) is 5.28. The van der Waals surface area contributed by atoms with E-state index >= 15 is 0 Å². The van der Waals surface area contributed by atoms with Crippen LogP contribution in [0.25, 0.3) is 0 Å². The van der Waals surface area contributed by atoms with Crippen LogP contribution in [0.4, 0.5) is 11.4 Å². The summed E-state index contributed by atoms with van der Waals surface area (Å²) in [6.45, 7) is 0. The van der Waals surface area contributed by atoms with Crippen molar-refractivity contribution in [3.63, 3.8) is 0 Å². The van der Waals surface area contributed by atoms with Crippen LogP contribution in [-0.2, 0) is 10.0 Å². The molecule has 0 aliphatic rings. The fourth-order valence-electron chi connectivity index (χ4n) is 1.50. The zero-order valence-corrected chi connectivity index (χ0v) is 11.9. The fraction of sp³-hybridized carbons (Fsp3) is 0. The molecule has 0 aliphatic heterocycles. The van der Waals surface area contributed by atoms with Crippen molar-refractivity contribution in [2.45, 2.75) is 4.90 Å². The normalized spacial score (nSPS) is 11.3. The molecule has 0 atom stereocenters. The average Bonchev–Trinajstić information content (AvgIpc) is 2.34. The summed E-state index contributed by atoms with van der Waals surface area (Å²) in [7, 11) is -3.84. The molecule has 19 heavy (non-hydrogen) atoms. The number of hydrogen-bond acceptors (Lipinski definition) is 3. The van der Waals surface area contributed by atoms with Crippen molar-refractivity contribution in [1.29, 1.82) is 0 Å². The first kappa shape index (κ1) is 14.0. The molecule has 0 fully saturated rings. The van der Waals surface area contributed by atoms with Crippen LogP contribution in [0, 0.1) is 0 Å². The number of benzene rings is 2. The topological polar surface area (TPSA) is 72.2 Å². The second-order valence-electron chi connectivity index (χ2n) is 3.74. The molecule has 2 aromatic carbocycles. The molecule has 0 bridgehead atoms. The van der Waals surface area contributed by atoms with Crippen LogP contribution in [-0.4, -0.2) is 8.42 Å². The van der Waals surface area contributed by atoms with E-state index in [9.17, 15) is 8.42 Å². The van der Waals surface area contributed by atoms with Gasteiger partial charge in [-0.2, -0.15) is 0 Å². The number of sulfonamides is 1. The molecule has 0 aromatic heterocycles. The van der Waals surface area contributed by atoms with E-state index in [1.165, 1.54) is 12.1 Å². The van der Waals surface area contributed by atoms with Crippen LogP contribution in [0.15, 0.2) is 47.4 Å². The van der Waals surface area contributed by atoms with E-state index in [1.54, 1.807) is 30.3 Å². The predicted octanol–water partition coefficient (Wildman–Crippen LogP) is 3.38. The Kier molecular flexibility index (Phi) is 3.89. The van der Waals surface area contributed by atoms with Gasteiger partial charge in [0.25, 0.3) is 10.0 Å². The third kappa shape index (κ3) is 2.94. The number of hydrogen-bond donors (Lipinski definition) is 2. The minimum Gasteiger partial charge on any atom is -0.397 e. The Labute approximate surface area is 121 Å². The highest BCUT2D eigenvalue weighted by Gasteiger charge is 2.19. The Morgan fingerprint density at radius 3 is 2.21 bits per heavy atom. The molecule has 0 saturated carbocycles. The number of nitrogens with two attached hydrogens (primary N) is 1. The van der Waals surface area contributed by atoms with E-state index in [-0.39, 0.29) is 26.3 Å². The van der Waals surface area contributed by atoms with Gasteiger partial charge in [-0.05, 0) is 24.3 Å². The summed E-state index contributed by atoms with van der Waals surface area (Å²) in [6.07, 6.45) is 0. The van der Waals surface area contributed by atoms with Crippen LogP contribution < -0.4 is 10.5 Å². The lowest BCUT2D eigenvalue weighted by molar-refractivity contribution is 0.601. The lowest BCUT2D eigenvalue weighted by Crippen LogP contribution is -2.14. The summed E-state index contributed by atoms with van der Waals surface area (Å²) in [5.41, 5.74) is 6.08. The summed E-state index contributed by atoms with van der Waals surface area (Å²) in [5, 5.41) is 0.344. The number of halogens is 2. The maximum atomic E-state index is 12.2. The zero-order chi connectivity index (χ0) is 14.0. The second-order valence-corrected chi connectivity index (χ2v) is 6.21. The first-order valence-corrected chi connectivity index (χ1v) is 7.47. The van der Waals surface area contributed by atoms with Gasteiger partial charge in [0.15, 0.2) is 0 Å². The van der Waals surface area contributed by atoms with E-state index in [0.717, 1.165) is 0 Å². The molecule has 0 spiro atoms. The Morgan fingerprint density at radius 1 is 0.947 bits per heavy atom. The molecule has 2 rings (SSSR count). The van der Waals surface area contributed by atoms with Gasteiger partial charge < -0.3 is 5.73 Å². The maximum Gasteiger partial charge on any atom is 0.263 e. The molecule has 0 amide bonds. The SMILES string of the molecule is Nc1cccc(Cl)c1NS(=O)(=O)c1ccccc1Cl. The highest BCUT2D eigenvalue weighted by Crippen LogP contribution is 2.31. The highest BCUT2D eigenvalue weighted by molar-refractivity contribution is 7.92. The largest absolute Gasteiger partial charge is 0.397 e. The van der Waals surface area contributed by atoms with E-state index in [1.807, 2.05) is 0 Å². The summed E-state index contributed by atoms with van der Waals surface area (Å²) >= 11 is 11.8. The molecular formula is C12H10Cl2N2O2S. The monoisotopic (exact) mass is 316 g/mol. The standard InChI is InChI=1S/C12H10Cl2N2O2S/c13-8-4-1-2-7-11(8)19(17,18)16-12-9(14)5-3-6-10(12)15/h1-7,16H,15H2. The van der Waals surface area contributed by atoms with Gasteiger partial charge in [-0.15, -0.1) is 0 Å². The van der Waals surface area contributed by atoms with E-state index in [2.05, 4.69) is 4.72 Å². The molecule has 4 nitrogen and oxygen atoms in total. The van der Waals surface area contributed by atoms with Crippen molar-refractivity contribution in [1.82, 2.24) is 0 Å². The molecule has 0 aliphatic carbocycles. The Balaban J connectivity index is 2.46. The van der Waals surface area contributed by atoms with Gasteiger partial charge in [0.05, 0.1) is 21.4 Å². The van der Waals surface area contributed by atoms with E-state index < -0.39 is 10.0 Å². The molecule has 100 valence electrons. The van der Waals surface area contributed by atoms with Gasteiger partial charge in [0.2, 0.25) is 0 Å². The Bertz CT molecular complexity index is 697. The van der Waals surface area contributed by atoms with Gasteiger partial charge >= 0.3 is 0 Å². The summed E-state index contributed by atoms with van der Waals surface area (Å²) in [5.74, 6) is 0. The lowest BCUT2D eigenvalue weighted by atomic mass is 10.3. The van der Waals surface area contributed by atoms with Crippen LogP contribution in [0.1, 0.15) is 0 Å². The quantitative estimate of drug-likeness (QED) is 0.853. The van der Waals surface area contributed by atoms with E-state index in [0.29, 0.717) is 0 Å². The third-order valence-electron chi connectivity index (χ3n) is 2.41. The van der Waals surface area contributed by atoms with Crippen LogP contribution >= 0.6 is 23.2 Å². The summed E-state index contributed by atoms with van der Waals surface area (Å²) in [6, 6.07) is 10.8. The van der Waals surface area contributed by atoms with Crippen molar-refractivity contribution in [2.75, 3.05) is 10.5 Å². The van der Waals surface area contributed by atoms with Gasteiger partial charge in [0.1, 0.15) is 4.90 Å². The van der Waals surface area contributed by atoms with Gasteiger partial charge in [-0.25, -0.2) is 8.42 Å². The Hall–Kier alpha value is -1.43. The molecule has 0 radical (unpaired) electrons. The average molecular weight is 317 g/mol. The molecule has 2 aromatic rings. The lowest BCUT2D eigenvalue weighted by Gasteiger charge is -2.12. The molecular weight excluding hydrogens is 307 g/mol. The van der Waals surface area contributed by atoms with Gasteiger partial charge in [-0.1, -0.05) is 41.4 Å². The maximum absolute atomic E-state index is 12.2. The molecule has 7 heteroatoms. The summed E-state index contributed by atoms with van der Waals surface area (Å²) in [4.78, 5) is -0.0315. The smallest absolute Gasteiger partial charge is 0.263 e. The molecule has 0 heterocycles. The molecule has 0 unspecified atom stereocenters. The number of para-hydroxylation sites is 1. The fourth-order valence-corrected chi connectivity index (χ4v) is 3.42. The Morgan fingerprint density at radius 2 is 1.58 bits per heavy atom. The first-order valence-electron chi connectivity index (χ1n) is 5.23. The molecule has 3 N–H and O–H groups in total. The van der Waals surface area contributed by atoms with Crippen molar-refractivity contribution in [3.8, 4) is 0 Å². The number of nitrogen functional groups attached to an aromatic ring is 1. The minimum absolute atomic E-state index is 0.0315. The first-order chi connectivity index (χ1) is 8.92. The van der Waals surface area contributed by atoms with Gasteiger partial charge in [-0.3, -0.25) is 4.72 Å². The molecule has 0 saturated heterocycles. The zero-order valence-electron chi connectivity index (χ0n) is 9.60. The van der Waals surface area contributed by atoms with Crippen molar-refractivity contribution < 1.29 is 8.42 Å². The minimum atomic E-state index is -3.84. The highest BCUT2D eigenvalue weighted by atomic mass is 35.5. The number of rotatable bonds is 3. The number of anilines is 2. The van der Waals surface area contributed by atoms with Gasteiger partial charge in [0, 0.05) is 0 Å².